The molecule has 0 amide bonds. The Balaban J connectivity index is 1.35. The molecular formula is C21H32N4O2. The maximum atomic E-state index is 5.74. The zero-order valence-corrected chi connectivity index (χ0v) is 16.3. The molecule has 2 heterocycles. The van der Waals surface area contributed by atoms with Gasteiger partial charge in [0.25, 0.3) is 0 Å². The number of nitrogens with one attached hydrogen (secondary N) is 3. The zero-order chi connectivity index (χ0) is 18.7. The van der Waals surface area contributed by atoms with Crippen molar-refractivity contribution in [1.82, 2.24) is 15.6 Å². The summed E-state index contributed by atoms with van der Waals surface area (Å²) in [5.41, 5.74) is 2.52. The Morgan fingerprint density at radius 1 is 1.33 bits per heavy atom. The number of fused-ring (bicyclic) bond motifs is 1. The Bertz CT molecular complexity index is 707. The van der Waals surface area contributed by atoms with Crippen molar-refractivity contribution in [3.05, 3.63) is 36.0 Å². The number of ether oxygens (including phenoxy) is 2. The molecule has 1 aromatic carbocycles. The van der Waals surface area contributed by atoms with Crippen molar-refractivity contribution >= 4 is 16.9 Å². The fourth-order valence-corrected chi connectivity index (χ4v) is 3.32. The van der Waals surface area contributed by atoms with Crippen molar-refractivity contribution in [1.29, 1.82) is 0 Å². The van der Waals surface area contributed by atoms with Crippen LogP contribution in [-0.4, -0.2) is 57.0 Å². The minimum absolute atomic E-state index is 0.581. The van der Waals surface area contributed by atoms with Crippen molar-refractivity contribution < 1.29 is 9.47 Å². The smallest absolute Gasteiger partial charge is 0.191 e. The van der Waals surface area contributed by atoms with Crippen LogP contribution in [-0.2, 0) is 15.9 Å². The molecule has 148 valence electrons. The molecular weight excluding hydrogens is 340 g/mol. The Kier molecular flexibility index (Phi) is 7.99. The quantitative estimate of drug-likeness (QED) is 0.341. The van der Waals surface area contributed by atoms with Crippen LogP contribution in [0.25, 0.3) is 10.9 Å². The predicted molar refractivity (Wildman–Crippen MR) is 110 cm³/mol. The highest BCUT2D eigenvalue weighted by atomic mass is 16.5. The largest absolute Gasteiger partial charge is 0.381 e. The summed E-state index contributed by atoms with van der Waals surface area (Å²) in [5.74, 6) is 1.46. The van der Waals surface area contributed by atoms with E-state index in [9.17, 15) is 0 Å². The summed E-state index contributed by atoms with van der Waals surface area (Å²) in [5, 5.41) is 8.03. The molecule has 6 heteroatoms. The van der Waals surface area contributed by atoms with Gasteiger partial charge in [-0.25, -0.2) is 0 Å². The number of guanidine groups is 1. The van der Waals surface area contributed by atoms with E-state index in [4.69, 9.17) is 9.47 Å². The molecule has 0 saturated carbocycles. The molecule has 1 aromatic heterocycles. The number of para-hydroxylation sites is 1. The second kappa shape index (κ2) is 10.9. The van der Waals surface area contributed by atoms with Crippen molar-refractivity contribution in [3.63, 3.8) is 0 Å². The minimum atomic E-state index is 0.581. The first kappa shape index (κ1) is 19.7. The number of benzene rings is 1. The molecule has 1 atom stereocenters. The van der Waals surface area contributed by atoms with Crippen molar-refractivity contribution in [2.45, 2.75) is 26.2 Å². The van der Waals surface area contributed by atoms with E-state index in [0.717, 1.165) is 71.3 Å². The van der Waals surface area contributed by atoms with Crippen molar-refractivity contribution in [3.8, 4) is 0 Å². The third kappa shape index (κ3) is 6.26. The van der Waals surface area contributed by atoms with Gasteiger partial charge in [-0.2, -0.15) is 0 Å². The molecule has 3 N–H and O–H groups in total. The number of aromatic nitrogens is 1. The molecule has 2 aromatic rings. The topological polar surface area (TPSA) is 70.7 Å². The molecule has 0 radical (unpaired) electrons. The molecule has 0 bridgehead atoms. The first-order valence-electron chi connectivity index (χ1n) is 10.1. The third-order valence-corrected chi connectivity index (χ3v) is 4.80. The number of rotatable bonds is 10. The molecule has 27 heavy (non-hydrogen) atoms. The van der Waals surface area contributed by atoms with Crippen LogP contribution in [0.1, 0.15) is 25.3 Å². The van der Waals surface area contributed by atoms with Gasteiger partial charge in [0, 0.05) is 55.9 Å². The molecule has 6 nitrogen and oxygen atoms in total. The Morgan fingerprint density at radius 3 is 3.11 bits per heavy atom. The van der Waals surface area contributed by atoms with Crippen LogP contribution in [0.5, 0.6) is 0 Å². The van der Waals surface area contributed by atoms with Crippen LogP contribution in [0, 0.1) is 5.92 Å². The molecule has 1 aliphatic rings. The summed E-state index contributed by atoms with van der Waals surface area (Å²) in [6.07, 6.45) is 5.12. The van der Waals surface area contributed by atoms with Crippen molar-refractivity contribution in [2.24, 2.45) is 10.9 Å². The normalized spacial score (nSPS) is 17.5. The lowest BCUT2D eigenvalue weighted by atomic mass is 10.1. The van der Waals surface area contributed by atoms with E-state index >= 15 is 0 Å². The van der Waals surface area contributed by atoms with E-state index < -0.39 is 0 Å². The number of aliphatic imine (C=N–C) groups is 1. The van der Waals surface area contributed by atoms with Crippen LogP contribution in [0.4, 0.5) is 0 Å². The van der Waals surface area contributed by atoms with Gasteiger partial charge in [-0.15, -0.1) is 0 Å². The Labute approximate surface area is 161 Å². The van der Waals surface area contributed by atoms with E-state index in [1.807, 2.05) is 0 Å². The van der Waals surface area contributed by atoms with Crippen LogP contribution in [0.15, 0.2) is 35.5 Å². The van der Waals surface area contributed by atoms with Crippen molar-refractivity contribution in [2.75, 3.05) is 46.1 Å². The average molecular weight is 373 g/mol. The fraction of sp³-hybridized carbons (Fsp3) is 0.571. The van der Waals surface area contributed by atoms with E-state index in [1.165, 1.54) is 16.5 Å². The maximum absolute atomic E-state index is 5.74. The minimum Gasteiger partial charge on any atom is -0.381 e. The van der Waals surface area contributed by atoms with Gasteiger partial charge < -0.3 is 25.1 Å². The Morgan fingerprint density at radius 2 is 2.26 bits per heavy atom. The highest BCUT2D eigenvalue weighted by molar-refractivity contribution is 5.83. The monoisotopic (exact) mass is 372 g/mol. The number of hydrogen-bond acceptors (Lipinski definition) is 3. The van der Waals surface area contributed by atoms with Gasteiger partial charge in [-0.1, -0.05) is 18.2 Å². The highest BCUT2D eigenvalue weighted by Crippen LogP contribution is 2.17. The number of hydrogen-bond donors (Lipinski definition) is 3. The lowest BCUT2D eigenvalue weighted by molar-refractivity contribution is 0.0893. The van der Waals surface area contributed by atoms with Gasteiger partial charge in [0.05, 0.1) is 13.2 Å². The number of aromatic amines is 1. The first-order chi connectivity index (χ1) is 13.4. The second-order valence-corrected chi connectivity index (χ2v) is 6.96. The molecule has 1 saturated heterocycles. The molecule has 1 unspecified atom stereocenters. The SMILES string of the molecule is CCNC(=NCCCOCC1CCOC1)NCCc1c[nH]c2ccccc12. The zero-order valence-electron chi connectivity index (χ0n) is 16.3. The maximum Gasteiger partial charge on any atom is 0.191 e. The molecule has 0 spiro atoms. The third-order valence-electron chi connectivity index (χ3n) is 4.80. The molecule has 0 aliphatic carbocycles. The number of H-pyrrole nitrogens is 1. The van der Waals surface area contributed by atoms with Gasteiger partial charge in [0.2, 0.25) is 0 Å². The summed E-state index contributed by atoms with van der Waals surface area (Å²) in [6, 6.07) is 8.42. The van der Waals surface area contributed by atoms with Crippen LogP contribution >= 0.6 is 0 Å². The van der Waals surface area contributed by atoms with E-state index in [1.54, 1.807) is 0 Å². The summed E-state index contributed by atoms with van der Waals surface area (Å²) in [7, 11) is 0. The van der Waals surface area contributed by atoms with Crippen LogP contribution in [0.2, 0.25) is 0 Å². The van der Waals surface area contributed by atoms with Crippen LogP contribution in [0.3, 0.4) is 0 Å². The molecule has 3 rings (SSSR count). The van der Waals surface area contributed by atoms with Gasteiger partial charge in [-0.3, -0.25) is 4.99 Å². The molecule has 1 aliphatic heterocycles. The van der Waals surface area contributed by atoms with Gasteiger partial charge >= 0.3 is 0 Å². The average Bonchev–Trinajstić information content (AvgIpc) is 3.34. The van der Waals surface area contributed by atoms with E-state index in [2.05, 4.69) is 58.0 Å². The summed E-state index contributed by atoms with van der Waals surface area (Å²) in [6.45, 7) is 7.87. The summed E-state index contributed by atoms with van der Waals surface area (Å²) < 4.78 is 11.1. The molecule has 1 fully saturated rings. The first-order valence-corrected chi connectivity index (χ1v) is 10.1. The van der Waals surface area contributed by atoms with Crippen LogP contribution < -0.4 is 10.6 Å². The van der Waals surface area contributed by atoms with E-state index in [-0.39, 0.29) is 0 Å². The lowest BCUT2D eigenvalue weighted by Crippen LogP contribution is -2.38. The summed E-state index contributed by atoms with van der Waals surface area (Å²) >= 11 is 0. The summed E-state index contributed by atoms with van der Waals surface area (Å²) in [4.78, 5) is 7.98. The Hall–Kier alpha value is -2.05. The van der Waals surface area contributed by atoms with E-state index in [0.29, 0.717) is 5.92 Å². The standard InChI is InChI=1S/C21H32N4O2/c1-2-22-21(23-10-5-12-26-15-17-9-13-27-16-17)24-11-8-18-14-25-20-7-4-3-6-19(18)20/h3-4,6-7,14,17,25H,2,5,8-13,15-16H2,1H3,(H2,22,23,24). The fourth-order valence-electron chi connectivity index (χ4n) is 3.32. The second-order valence-electron chi connectivity index (χ2n) is 6.96. The number of nitrogens with zero attached hydrogens (tertiary/aromatic N) is 1. The van der Waals surface area contributed by atoms with Gasteiger partial charge in [-0.05, 0) is 37.8 Å². The predicted octanol–water partition coefficient (Wildman–Crippen LogP) is 2.71. The highest BCUT2D eigenvalue weighted by Gasteiger charge is 2.15. The lowest BCUT2D eigenvalue weighted by Gasteiger charge is -2.11. The van der Waals surface area contributed by atoms with Gasteiger partial charge in [0.15, 0.2) is 5.96 Å². The van der Waals surface area contributed by atoms with Gasteiger partial charge in [0.1, 0.15) is 0 Å².